The molecule has 0 aliphatic rings. The van der Waals surface area contributed by atoms with Crippen LogP contribution in [0, 0.1) is 5.41 Å². The number of aromatic nitrogens is 4. The quantitative estimate of drug-likeness (QED) is 0.125. The van der Waals surface area contributed by atoms with Crippen molar-refractivity contribution in [3.8, 4) is 0 Å². The van der Waals surface area contributed by atoms with Crippen molar-refractivity contribution < 1.29 is 28.6 Å². The van der Waals surface area contributed by atoms with Gasteiger partial charge in [0, 0.05) is 18.7 Å². The number of esters is 3. The van der Waals surface area contributed by atoms with E-state index in [0.717, 1.165) is 5.56 Å². The number of nitrogens with two attached hydrogens (primary N) is 1. The number of benzene rings is 1. The number of aryl methyl sites for hydroxylation is 1. The van der Waals surface area contributed by atoms with Crippen LogP contribution in [-0.2, 0) is 40.9 Å². The molecular formula is C24H29N5O6S. The highest BCUT2D eigenvalue weighted by molar-refractivity contribution is 7.98. The molecule has 12 heteroatoms. The van der Waals surface area contributed by atoms with E-state index in [1.807, 2.05) is 30.3 Å². The Morgan fingerprint density at radius 2 is 1.53 bits per heavy atom. The van der Waals surface area contributed by atoms with E-state index >= 15 is 0 Å². The predicted molar refractivity (Wildman–Crippen MR) is 133 cm³/mol. The van der Waals surface area contributed by atoms with E-state index in [1.54, 1.807) is 25.3 Å². The molecule has 0 bridgehead atoms. The minimum absolute atomic E-state index is 0.00614. The summed E-state index contributed by atoms with van der Waals surface area (Å²) in [5.74, 6) is -2.39. The molecule has 0 saturated carbocycles. The fraction of sp³-hybridized carbons (Fsp3) is 0.417. The molecule has 0 unspecified atom stereocenters. The molecule has 0 saturated heterocycles. The van der Waals surface area contributed by atoms with Crippen LogP contribution < -0.4 is 5.73 Å². The average Bonchev–Trinajstić information content (AvgIpc) is 3.27. The van der Waals surface area contributed by atoms with Gasteiger partial charge in [-0.05, 0) is 26.3 Å². The highest BCUT2D eigenvalue weighted by Gasteiger charge is 2.57. The minimum Gasteiger partial charge on any atom is -0.465 e. The third-order valence-corrected chi connectivity index (χ3v) is 6.30. The maximum Gasteiger partial charge on any atom is 0.335 e. The number of anilines is 1. The molecule has 3 rings (SSSR count). The fourth-order valence-electron chi connectivity index (χ4n) is 3.53. The lowest BCUT2D eigenvalue weighted by Gasteiger charge is -2.27. The first-order valence-corrected chi connectivity index (χ1v) is 12.5. The Kier molecular flexibility index (Phi) is 9.23. The number of hydrogen-bond donors (Lipinski definition) is 1. The van der Waals surface area contributed by atoms with Crippen molar-refractivity contribution in [3.05, 3.63) is 42.2 Å². The van der Waals surface area contributed by atoms with Crippen LogP contribution in [0.25, 0.3) is 11.2 Å². The standard InChI is InChI=1S/C24H29N5O6S/c1-4-33-20(30)24(21(31)34-5-2,22(32)35-6-3)12-13-29-15-26-17-18(29)27-23(25)28-19(17)36-14-16-10-8-7-9-11-16/h7-11,15H,4-6,12-14H2,1-3H3,(H2,25,27,28). The summed E-state index contributed by atoms with van der Waals surface area (Å²) in [5, 5.41) is 0.590. The molecule has 0 radical (unpaired) electrons. The minimum atomic E-state index is -2.29. The molecule has 2 N–H and O–H groups in total. The van der Waals surface area contributed by atoms with E-state index in [0.29, 0.717) is 21.9 Å². The van der Waals surface area contributed by atoms with Crippen LogP contribution in [-0.4, -0.2) is 57.2 Å². The summed E-state index contributed by atoms with van der Waals surface area (Å²) < 4.78 is 16.9. The molecule has 1 aromatic carbocycles. The van der Waals surface area contributed by atoms with Gasteiger partial charge in [0.05, 0.1) is 26.1 Å². The number of hydrogen-bond acceptors (Lipinski definition) is 11. The molecule has 0 aliphatic heterocycles. The molecule has 2 heterocycles. The number of nitrogens with zero attached hydrogens (tertiary/aromatic N) is 4. The summed E-state index contributed by atoms with van der Waals surface area (Å²) in [6.07, 6.45) is 1.21. The van der Waals surface area contributed by atoms with Crippen LogP contribution in [0.15, 0.2) is 41.7 Å². The second-order valence-electron chi connectivity index (χ2n) is 7.59. The number of thioether (sulfide) groups is 1. The van der Waals surface area contributed by atoms with Crippen molar-refractivity contribution >= 4 is 46.8 Å². The van der Waals surface area contributed by atoms with E-state index in [9.17, 15) is 14.4 Å². The molecule has 11 nitrogen and oxygen atoms in total. The van der Waals surface area contributed by atoms with Crippen LogP contribution in [0.1, 0.15) is 32.8 Å². The van der Waals surface area contributed by atoms with Gasteiger partial charge in [-0.15, -0.1) is 0 Å². The van der Waals surface area contributed by atoms with Crippen LogP contribution in [0.4, 0.5) is 5.95 Å². The van der Waals surface area contributed by atoms with Crippen LogP contribution >= 0.6 is 11.8 Å². The Bertz CT molecular complexity index is 1170. The molecule has 3 aromatic rings. The first-order chi connectivity index (χ1) is 17.4. The first kappa shape index (κ1) is 26.9. The maximum atomic E-state index is 13.0. The van der Waals surface area contributed by atoms with Crippen LogP contribution in [0.3, 0.4) is 0 Å². The summed E-state index contributed by atoms with van der Waals surface area (Å²) in [6.45, 7) is 4.66. The summed E-state index contributed by atoms with van der Waals surface area (Å²) in [5.41, 5.74) is 5.70. The van der Waals surface area contributed by atoms with E-state index < -0.39 is 23.3 Å². The van der Waals surface area contributed by atoms with Gasteiger partial charge in [-0.2, -0.15) is 4.98 Å². The van der Waals surface area contributed by atoms with E-state index in [-0.39, 0.29) is 38.7 Å². The zero-order valence-electron chi connectivity index (χ0n) is 20.4. The number of nitrogen functional groups attached to an aromatic ring is 1. The van der Waals surface area contributed by atoms with E-state index in [2.05, 4.69) is 15.0 Å². The van der Waals surface area contributed by atoms with Gasteiger partial charge in [-0.1, -0.05) is 42.1 Å². The topological polar surface area (TPSA) is 149 Å². The Morgan fingerprint density at radius 1 is 0.944 bits per heavy atom. The van der Waals surface area contributed by atoms with Gasteiger partial charge in [-0.25, -0.2) is 9.97 Å². The zero-order valence-corrected chi connectivity index (χ0v) is 21.2. The monoisotopic (exact) mass is 515 g/mol. The number of carbonyl (C=O) groups excluding carboxylic acids is 3. The lowest BCUT2D eigenvalue weighted by molar-refractivity contribution is -0.184. The van der Waals surface area contributed by atoms with Gasteiger partial charge in [0.2, 0.25) is 5.95 Å². The average molecular weight is 516 g/mol. The van der Waals surface area contributed by atoms with Crippen molar-refractivity contribution in [3.63, 3.8) is 0 Å². The van der Waals surface area contributed by atoms with Crippen LogP contribution in [0.5, 0.6) is 0 Å². The Hall–Kier alpha value is -3.67. The maximum absolute atomic E-state index is 13.0. The molecule has 0 aliphatic carbocycles. The molecule has 2 aromatic heterocycles. The normalized spacial score (nSPS) is 11.3. The molecule has 0 amide bonds. The number of ether oxygens (including phenoxy) is 3. The van der Waals surface area contributed by atoms with Crippen molar-refractivity contribution in [2.24, 2.45) is 5.41 Å². The Morgan fingerprint density at radius 3 is 2.08 bits per heavy atom. The van der Waals surface area contributed by atoms with Crippen molar-refractivity contribution in [2.45, 2.75) is 44.5 Å². The molecule has 36 heavy (non-hydrogen) atoms. The van der Waals surface area contributed by atoms with Gasteiger partial charge >= 0.3 is 17.9 Å². The second kappa shape index (κ2) is 12.3. The smallest absolute Gasteiger partial charge is 0.335 e. The SMILES string of the molecule is CCOC(=O)C(CCn1cnc2c(SCc3ccccc3)nc(N)nc21)(C(=O)OCC)C(=O)OCC. The fourth-order valence-corrected chi connectivity index (χ4v) is 4.47. The van der Waals surface area contributed by atoms with Gasteiger partial charge < -0.3 is 24.5 Å². The summed E-state index contributed by atoms with van der Waals surface area (Å²) >= 11 is 1.46. The van der Waals surface area contributed by atoms with Gasteiger partial charge in [-0.3, -0.25) is 14.4 Å². The zero-order chi connectivity index (χ0) is 26.1. The van der Waals surface area contributed by atoms with Gasteiger partial charge in [0.25, 0.3) is 5.41 Å². The third-order valence-electron chi connectivity index (χ3n) is 5.27. The predicted octanol–water partition coefficient (Wildman–Crippen LogP) is 2.77. The van der Waals surface area contributed by atoms with Crippen molar-refractivity contribution in [1.29, 1.82) is 0 Å². The number of rotatable bonds is 12. The number of fused-ring (bicyclic) bond motifs is 1. The Labute approximate surface area is 212 Å². The van der Waals surface area contributed by atoms with Gasteiger partial charge in [0.1, 0.15) is 10.5 Å². The van der Waals surface area contributed by atoms with E-state index in [1.165, 1.54) is 18.1 Å². The highest BCUT2D eigenvalue weighted by Crippen LogP contribution is 2.32. The summed E-state index contributed by atoms with van der Waals surface area (Å²) in [6, 6.07) is 9.87. The molecule has 192 valence electrons. The highest BCUT2D eigenvalue weighted by atomic mass is 32.2. The van der Waals surface area contributed by atoms with Gasteiger partial charge in [0.15, 0.2) is 5.65 Å². The summed E-state index contributed by atoms with van der Waals surface area (Å²) in [7, 11) is 0. The molecule has 0 spiro atoms. The molecule has 0 fully saturated rings. The lowest BCUT2D eigenvalue weighted by Crippen LogP contribution is -2.50. The second-order valence-corrected chi connectivity index (χ2v) is 8.55. The lowest BCUT2D eigenvalue weighted by atomic mass is 9.84. The third kappa shape index (κ3) is 5.76. The summed E-state index contributed by atoms with van der Waals surface area (Å²) in [4.78, 5) is 51.9. The first-order valence-electron chi connectivity index (χ1n) is 11.5. The largest absolute Gasteiger partial charge is 0.465 e. The van der Waals surface area contributed by atoms with Crippen molar-refractivity contribution in [2.75, 3.05) is 25.6 Å². The van der Waals surface area contributed by atoms with E-state index in [4.69, 9.17) is 19.9 Å². The number of carbonyl (C=O) groups is 3. The molecule has 0 atom stereocenters. The number of imidazole rings is 1. The molecular weight excluding hydrogens is 486 g/mol. The Balaban J connectivity index is 1.94. The van der Waals surface area contributed by atoms with Crippen molar-refractivity contribution in [1.82, 2.24) is 19.5 Å². The van der Waals surface area contributed by atoms with Crippen LogP contribution in [0.2, 0.25) is 0 Å².